The maximum Gasteiger partial charge on any atom is 0.167 e. The second kappa shape index (κ2) is 5.43. The number of benzene rings is 2. The Morgan fingerprint density at radius 3 is 1.21 bits per heavy atom. The Kier molecular flexibility index (Phi) is 4.35. The van der Waals surface area contributed by atoms with Crippen molar-refractivity contribution >= 4 is 0 Å². The first kappa shape index (κ1) is 15.2. The summed E-state index contributed by atoms with van der Waals surface area (Å²) >= 11 is 0. The zero-order chi connectivity index (χ0) is 13.4. The zero-order valence-corrected chi connectivity index (χ0v) is 9.82. The molecule has 2 rings (SSSR count). The minimum atomic E-state index is -1.17. The monoisotopic (exact) mass is 270 g/mol. The lowest BCUT2D eigenvalue weighted by atomic mass is 10.0. The lowest BCUT2D eigenvalue weighted by Crippen LogP contribution is -1.98. The summed E-state index contributed by atoms with van der Waals surface area (Å²) < 4.78 is 54.2. The Morgan fingerprint density at radius 2 is 0.895 bits per heavy atom. The molecule has 0 aliphatic heterocycles. The van der Waals surface area contributed by atoms with E-state index in [1.165, 1.54) is 38.1 Å². The summed E-state index contributed by atoms with van der Waals surface area (Å²) in [7, 11) is 0. The summed E-state index contributed by atoms with van der Waals surface area (Å²) in [5.41, 5.74) is -0.336. The second-order valence-electron chi connectivity index (χ2n) is 4.12. The van der Waals surface area contributed by atoms with Crippen LogP contribution in [-0.2, 0) is 0 Å². The standard InChI is InChI=1S/C14H10F4.CH4/c1-7-3-5-9(13(17)11(7)15)10-6-4-8(2)12(16)14(10)18;/h3-6H,1-2H3;1H4. The minimum Gasteiger partial charge on any atom is -0.203 e. The average Bonchev–Trinajstić information content (AvgIpc) is 2.35. The highest BCUT2D eigenvalue weighted by Crippen LogP contribution is 2.30. The topological polar surface area (TPSA) is 0 Å². The number of hydrogen-bond donors (Lipinski definition) is 0. The molecule has 0 saturated carbocycles. The normalized spacial score (nSPS) is 10.2. The van der Waals surface area contributed by atoms with E-state index in [9.17, 15) is 17.6 Å². The molecule has 0 aliphatic carbocycles. The molecule has 0 unspecified atom stereocenters. The molecule has 2 aromatic carbocycles. The van der Waals surface area contributed by atoms with Crippen molar-refractivity contribution in [3.05, 3.63) is 58.7 Å². The van der Waals surface area contributed by atoms with E-state index in [0.29, 0.717) is 0 Å². The smallest absolute Gasteiger partial charge is 0.167 e. The third kappa shape index (κ3) is 2.48. The number of rotatable bonds is 1. The second-order valence-corrected chi connectivity index (χ2v) is 4.12. The van der Waals surface area contributed by atoms with E-state index in [1.54, 1.807) is 0 Å². The first-order valence-corrected chi connectivity index (χ1v) is 5.33. The van der Waals surface area contributed by atoms with Gasteiger partial charge in [-0.2, -0.15) is 0 Å². The molecule has 0 nitrogen and oxygen atoms in total. The van der Waals surface area contributed by atoms with Gasteiger partial charge in [-0.15, -0.1) is 0 Å². The molecule has 0 spiro atoms. The summed E-state index contributed by atoms with van der Waals surface area (Å²) in [5.74, 6) is -4.44. The molecular weight excluding hydrogens is 256 g/mol. The predicted molar refractivity (Wildman–Crippen MR) is 67.9 cm³/mol. The molecule has 0 aromatic heterocycles. The maximum absolute atomic E-state index is 13.7. The molecule has 0 N–H and O–H groups in total. The van der Waals surface area contributed by atoms with Crippen LogP contribution in [0, 0.1) is 37.1 Å². The van der Waals surface area contributed by atoms with Crippen LogP contribution in [0.5, 0.6) is 0 Å². The Balaban J connectivity index is 0.00000180. The Hall–Kier alpha value is -1.84. The molecule has 0 atom stereocenters. The first-order chi connectivity index (χ1) is 8.43. The summed E-state index contributed by atoms with van der Waals surface area (Å²) in [5, 5.41) is 0. The van der Waals surface area contributed by atoms with Gasteiger partial charge in [0, 0.05) is 11.1 Å². The molecule has 0 fully saturated rings. The molecule has 0 aliphatic rings. The van der Waals surface area contributed by atoms with Crippen molar-refractivity contribution in [3.8, 4) is 11.1 Å². The van der Waals surface area contributed by atoms with Crippen molar-refractivity contribution < 1.29 is 17.6 Å². The number of halogens is 4. The van der Waals surface area contributed by atoms with Crippen molar-refractivity contribution in [2.45, 2.75) is 21.3 Å². The van der Waals surface area contributed by atoms with Gasteiger partial charge in [0.25, 0.3) is 0 Å². The molecule has 2 aromatic rings. The highest BCUT2D eigenvalue weighted by Gasteiger charge is 2.18. The third-order valence-electron chi connectivity index (χ3n) is 2.84. The fourth-order valence-electron chi connectivity index (χ4n) is 1.71. The van der Waals surface area contributed by atoms with Crippen LogP contribution < -0.4 is 0 Å². The fourth-order valence-corrected chi connectivity index (χ4v) is 1.71. The van der Waals surface area contributed by atoms with E-state index in [0.717, 1.165) is 0 Å². The molecule has 4 heteroatoms. The average molecular weight is 270 g/mol. The van der Waals surface area contributed by atoms with Crippen molar-refractivity contribution in [2.24, 2.45) is 0 Å². The molecule has 0 radical (unpaired) electrons. The van der Waals surface area contributed by atoms with Crippen LogP contribution in [0.3, 0.4) is 0 Å². The van der Waals surface area contributed by atoms with Gasteiger partial charge in [0.2, 0.25) is 0 Å². The first-order valence-electron chi connectivity index (χ1n) is 5.33. The molecular formula is C15H14F4. The molecule has 0 bridgehead atoms. The van der Waals surface area contributed by atoms with Crippen LogP contribution in [0.15, 0.2) is 24.3 Å². The zero-order valence-electron chi connectivity index (χ0n) is 9.82. The lowest BCUT2D eigenvalue weighted by Gasteiger charge is -2.09. The molecule has 19 heavy (non-hydrogen) atoms. The van der Waals surface area contributed by atoms with Crippen LogP contribution in [0.25, 0.3) is 11.1 Å². The van der Waals surface area contributed by atoms with Gasteiger partial charge < -0.3 is 0 Å². The van der Waals surface area contributed by atoms with Gasteiger partial charge in [0.05, 0.1) is 0 Å². The molecule has 0 saturated heterocycles. The number of hydrogen-bond acceptors (Lipinski definition) is 0. The molecule has 0 heterocycles. The van der Waals surface area contributed by atoms with Gasteiger partial charge in [-0.1, -0.05) is 31.7 Å². The predicted octanol–water partition coefficient (Wildman–Crippen LogP) is 5.16. The van der Waals surface area contributed by atoms with Gasteiger partial charge in [0.15, 0.2) is 23.3 Å². The van der Waals surface area contributed by atoms with Crippen molar-refractivity contribution in [3.63, 3.8) is 0 Å². The van der Waals surface area contributed by atoms with E-state index < -0.39 is 23.3 Å². The molecule has 0 amide bonds. The summed E-state index contributed by atoms with van der Waals surface area (Å²) in [6.45, 7) is 2.79. The lowest BCUT2D eigenvalue weighted by molar-refractivity contribution is 0.496. The van der Waals surface area contributed by atoms with Gasteiger partial charge in [0.1, 0.15) is 0 Å². The largest absolute Gasteiger partial charge is 0.203 e. The van der Waals surface area contributed by atoms with Gasteiger partial charge in [-0.05, 0) is 25.0 Å². The van der Waals surface area contributed by atoms with Gasteiger partial charge in [-0.3, -0.25) is 0 Å². The SMILES string of the molecule is C.Cc1ccc(-c2ccc(C)c(F)c2F)c(F)c1F. The minimum absolute atomic E-state index is 0. The third-order valence-corrected chi connectivity index (χ3v) is 2.84. The number of aryl methyl sites for hydroxylation is 2. The summed E-state index contributed by atoms with van der Waals surface area (Å²) in [4.78, 5) is 0. The highest BCUT2D eigenvalue weighted by atomic mass is 19.2. The van der Waals surface area contributed by atoms with Crippen LogP contribution >= 0.6 is 0 Å². The van der Waals surface area contributed by atoms with Crippen LogP contribution in [-0.4, -0.2) is 0 Å². The Morgan fingerprint density at radius 1 is 0.579 bits per heavy atom. The van der Waals surface area contributed by atoms with Crippen molar-refractivity contribution in [2.75, 3.05) is 0 Å². The van der Waals surface area contributed by atoms with Crippen LogP contribution in [0.4, 0.5) is 17.6 Å². The quantitative estimate of drug-likeness (QED) is 0.628. The Bertz CT molecular complexity index is 563. The van der Waals surface area contributed by atoms with Crippen LogP contribution in [0.2, 0.25) is 0 Å². The van der Waals surface area contributed by atoms with Gasteiger partial charge in [-0.25, -0.2) is 17.6 Å². The summed E-state index contributed by atoms with van der Waals surface area (Å²) in [6, 6.07) is 5.12. The van der Waals surface area contributed by atoms with Crippen molar-refractivity contribution in [1.29, 1.82) is 0 Å². The van der Waals surface area contributed by atoms with E-state index in [2.05, 4.69) is 0 Å². The van der Waals surface area contributed by atoms with Gasteiger partial charge >= 0.3 is 0 Å². The maximum atomic E-state index is 13.7. The van der Waals surface area contributed by atoms with E-state index in [4.69, 9.17) is 0 Å². The highest BCUT2D eigenvalue weighted by molar-refractivity contribution is 5.66. The fraction of sp³-hybridized carbons (Fsp3) is 0.200. The summed E-state index contributed by atoms with van der Waals surface area (Å²) in [6.07, 6.45) is 0. The molecule has 102 valence electrons. The Labute approximate surface area is 109 Å². The van der Waals surface area contributed by atoms with Crippen molar-refractivity contribution in [1.82, 2.24) is 0 Å². The van der Waals surface area contributed by atoms with E-state index >= 15 is 0 Å². The van der Waals surface area contributed by atoms with E-state index in [-0.39, 0.29) is 29.7 Å². The van der Waals surface area contributed by atoms with E-state index in [1.807, 2.05) is 0 Å². The van der Waals surface area contributed by atoms with Crippen LogP contribution in [0.1, 0.15) is 18.6 Å².